The lowest BCUT2D eigenvalue weighted by Crippen LogP contribution is -2.13. The van der Waals surface area contributed by atoms with Crippen LogP contribution in [0.3, 0.4) is 0 Å². The molecule has 0 unspecified atom stereocenters. The van der Waals surface area contributed by atoms with E-state index in [0.29, 0.717) is 5.92 Å². The van der Waals surface area contributed by atoms with Gasteiger partial charge in [0.15, 0.2) is 0 Å². The average Bonchev–Trinajstić information content (AvgIpc) is 2.88. The van der Waals surface area contributed by atoms with Crippen molar-refractivity contribution < 1.29 is 0 Å². The maximum absolute atomic E-state index is 4.44. The van der Waals surface area contributed by atoms with Gasteiger partial charge in [0, 0.05) is 24.0 Å². The van der Waals surface area contributed by atoms with Gasteiger partial charge in [-0.2, -0.15) is 0 Å². The van der Waals surface area contributed by atoms with Crippen molar-refractivity contribution in [2.45, 2.75) is 39.7 Å². The van der Waals surface area contributed by atoms with Crippen molar-refractivity contribution in [2.24, 2.45) is 0 Å². The SMILES string of the molecule is CCCNCc1cnc(-c2ccc(C(C)C)cc2)[nH]1. The molecule has 2 aromatic rings. The quantitative estimate of drug-likeness (QED) is 0.775. The van der Waals surface area contributed by atoms with Crippen molar-refractivity contribution in [1.82, 2.24) is 15.3 Å². The van der Waals surface area contributed by atoms with Crippen LogP contribution in [0.2, 0.25) is 0 Å². The standard InChI is InChI=1S/C16H23N3/c1-4-9-17-10-15-11-18-16(19-15)14-7-5-13(6-8-14)12(2)3/h5-8,11-12,17H,4,9-10H2,1-3H3,(H,18,19). The monoisotopic (exact) mass is 257 g/mol. The molecule has 0 saturated carbocycles. The van der Waals surface area contributed by atoms with Crippen LogP contribution in [0.4, 0.5) is 0 Å². The van der Waals surface area contributed by atoms with Crippen LogP contribution >= 0.6 is 0 Å². The minimum atomic E-state index is 0.569. The Hall–Kier alpha value is -1.61. The van der Waals surface area contributed by atoms with E-state index < -0.39 is 0 Å². The zero-order chi connectivity index (χ0) is 13.7. The minimum Gasteiger partial charge on any atom is -0.341 e. The fourth-order valence-electron chi connectivity index (χ4n) is 2.02. The smallest absolute Gasteiger partial charge is 0.137 e. The number of H-pyrrole nitrogens is 1. The zero-order valence-corrected chi connectivity index (χ0v) is 12.0. The van der Waals surface area contributed by atoms with Crippen LogP contribution in [-0.2, 0) is 6.54 Å². The molecule has 2 N–H and O–H groups in total. The molecular weight excluding hydrogens is 234 g/mol. The summed E-state index contributed by atoms with van der Waals surface area (Å²) in [6.45, 7) is 8.48. The highest BCUT2D eigenvalue weighted by atomic mass is 15.0. The molecule has 0 atom stereocenters. The van der Waals surface area contributed by atoms with Crippen LogP contribution in [0.1, 0.15) is 44.4 Å². The first-order valence-electron chi connectivity index (χ1n) is 7.05. The zero-order valence-electron chi connectivity index (χ0n) is 12.0. The van der Waals surface area contributed by atoms with Gasteiger partial charge in [-0.1, -0.05) is 45.0 Å². The molecule has 1 heterocycles. The first kappa shape index (κ1) is 13.8. The Labute approximate surface area is 115 Å². The van der Waals surface area contributed by atoms with Crippen LogP contribution in [0.5, 0.6) is 0 Å². The summed E-state index contributed by atoms with van der Waals surface area (Å²) in [5, 5.41) is 3.37. The number of nitrogens with one attached hydrogen (secondary N) is 2. The summed E-state index contributed by atoms with van der Waals surface area (Å²) in [4.78, 5) is 7.81. The Bertz CT molecular complexity index is 497. The topological polar surface area (TPSA) is 40.7 Å². The first-order chi connectivity index (χ1) is 9.20. The molecule has 0 aliphatic rings. The number of aromatic nitrogens is 2. The molecule has 2 rings (SSSR count). The van der Waals surface area contributed by atoms with Crippen molar-refractivity contribution in [2.75, 3.05) is 6.54 Å². The van der Waals surface area contributed by atoms with Crippen LogP contribution in [-0.4, -0.2) is 16.5 Å². The van der Waals surface area contributed by atoms with Crippen LogP contribution < -0.4 is 5.32 Å². The van der Waals surface area contributed by atoms with E-state index in [0.717, 1.165) is 36.6 Å². The summed E-state index contributed by atoms with van der Waals surface area (Å²) in [6, 6.07) is 8.63. The van der Waals surface area contributed by atoms with Gasteiger partial charge in [-0.25, -0.2) is 4.98 Å². The largest absolute Gasteiger partial charge is 0.341 e. The number of aromatic amines is 1. The van der Waals surface area contributed by atoms with E-state index in [-0.39, 0.29) is 0 Å². The molecule has 0 bridgehead atoms. The lowest BCUT2D eigenvalue weighted by molar-refractivity contribution is 0.667. The number of rotatable bonds is 6. The Morgan fingerprint density at radius 2 is 1.95 bits per heavy atom. The summed E-state index contributed by atoms with van der Waals surface area (Å²) < 4.78 is 0. The van der Waals surface area contributed by atoms with Crippen LogP contribution in [0.15, 0.2) is 30.5 Å². The molecule has 0 aliphatic heterocycles. The Balaban J connectivity index is 2.05. The number of benzene rings is 1. The third-order valence-electron chi connectivity index (χ3n) is 3.22. The summed E-state index contributed by atoms with van der Waals surface area (Å²) in [7, 11) is 0. The number of hydrogen-bond acceptors (Lipinski definition) is 2. The number of nitrogens with zero attached hydrogens (tertiary/aromatic N) is 1. The lowest BCUT2D eigenvalue weighted by Gasteiger charge is -2.05. The minimum absolute atomic E-state index is 0.569. The predicted molar refractivity (Wildman–Crippen MR) is 80.1 cm³/mol. The molecule has 1 aromatic heterocycles. The second-order valence-electron chi connectivity index (χ2n) is 5.21. The highest BCUT2D eigenvalue weighted by molar-refractivity contribution is 5.55. The molecule has 0 spiro atoms. The third kappa shape index (κ3) is 3.67. The van der Waals surface area contributed by atoms with Crippen molar-refractivity contribution >= 4 is 0 Å². The van der Waals surface area contributed by atoms with Gasteiger partial charge in [-0.05, 0) is 24.4 Å². The van der Waals surface area contributed by atoms with E-state index >= 15 is 0 Å². The Kier molecular flexibility index (Phi) is 4.74. The fraction of sp³-hybridized carbons (Fsp3) is 0.438. The molecule has 102 valence electrons. The van der Waals surface area contributed by atoms with E-state index in [2.05, 4.69) is 60.3 Å². The van der Waals surface area contributed by atoms with Gasteiger partial charge in [0.2, 0.25) is 0 Å². The number of hydrogen-bond donors (Lipinski definition) is 2. The normalized spacial score (nSPS) is 11.2. The molecule has 1 aromatic carbocycles. The summed E-state index contributed by atoms with van der Waals surface area (Å²) in [6.07, 6.45) is 3.06. The Morgan fingerprint density at radius 3 is 2.58 bits per heavy atom. The molecule has 3 heteroatoms. The van der Waals surface area contributed by atoms with Gasteiger partial charge >= 0.3 is 0 Å². The third-order valence-corrected chi connectivity index (χ3v) is 3.22. The van der Waals surface area contributed by atoms with E-state index in [1.165, 1.54) is 5.56 Å². The molecule has 3 nitrogen and oxygen atoms in total. The van der Waals surface area contributed by atoms with Gasteiger partial charge < -0.3 is 10.3 Å². The van der Waals surface area contributed by atoms with E-state index in [1.54, 1.807) is 0 Å². The summed E-state index contributed by atoms with van der Waals surface area (Å²) in [5.41, 5.74) is 3.64. The van der Waals surface area contributed by atoms with Gasteiger partial charge in [-0.15, -0.1) is 0 Å². The molecule has 0 aliphatic carbocycles. The van der Waals surface area contributed by atoms with E-state index in [4.69, 9.17) is 0 Å². The molecule has 0 amide bonds. The van der Waals surface area contributed by atoms with Gasteiger partial charge in [0.05, 0.1) is 0 Å². The van der Waals surface area contributed by atoms with Crippen LogP contribution in [0, 0.1) is 0 Å². The predicted octanol–water partition coefficient (Wildman–Crippen LogP) is 3.70. The van der Waals surface area contributed by atoms with E-state index in [9.17, 15) is 0 Å². The fourth-order valence-corrected chi connectivity index (χ4v) is 2.02. The highest BCUT2D eigenvalue weighted by Gasteiger charge is 2.04. The molecule has 0 saturated heterocycles. The molecule has 0 fully saturated rings. The van der Waals surface area contributed by atoms with Crippen molar-refractivity contribution in [1.29, 1.82) is 0 Å². The summed E-state index contributed by atoms with van der Waals surface area (Å²) >= 11 is 0. The molecular formula is C16H23N3. The highest BCUT2D eigenvalue weighted by Crippen LogP contribution is 2.20. The maximum atomic E-state index is 4.44. The van der Waals surface area contributed by atoms with Crippen molar-refractivity contribution in [3.63, 3.8) is 0 Å². The molecule has 0 radical (unpaired) electrons. The van der Waals surface area contributed by atoms with Gasteiger partial charge in [0.25, 0.3) is 0 Å². The molecule has 19 heavy (non-hydrogen) atoms. The van der Waals surface area contributed by atoms with Gasteiger partial charge in [-0.3, -0.25) is 0 Å². The van der Waals surface area contributed by atoms with E-state index in [1.807, 2.05) is 6.20 Å². The maximum Gasteiger partial charge on any atom is 0.137 e. The summed E-state index contributed by atoms with van der Waals surface area (Å²) in [5.74, 6) is 1.52. The number of imidazole rings is 1. The first-order valence-corrected chi connectivity index (χ1v) is 7.05. The van der Waals surface area contributed by atoms with Crippen molar-refractivity contribution in [3.8, 4) is 11.4 Å². The second kappa shape index (κ2) is 6.53. The Morgan fingerprint density at radius 1 is 1.21 bits per heavy atom. The van der Waals surface area contributed by atoms with Crippen molar-refractivity contribution in [3.05, 3.63) is 41.7 Å². The van der Waals surface area contributed by atoms with Crippen LogP contribution in [0.25, 0.3) is 11.4 Å². The van der Waals surface area contributed by atoms with Gasteiger partial charge in [0.1, 0.15) is 5.82 Å². The average molecular weight is 257 g/mol. The lowest BCUT2D eigenvalue weighted by atomic mass is 10.0. The second-order valence-corrected chi connectivity index (χ2v) is 5.21.